The third-order valence-electron chi connectivity index (χ3n) is 3.42. The van der Waals surface area contributed by atoms with Crippen molar-refractivity contribution < 1.29 is 9.59 Å². The molecule has 19 heavy (non-hydrogen) atoms. The fourth-order valence-corrected chi connectivity index (χ4v) is 2.78. The molecule has 0 N–H and O–H groups in total. The summed E-state index contributed by atoms with van der Waals surface area (Å²) in [5.41, 5.74) is 0.661. The van der Waals surface area contributed by atoms with E-state index in [1.54, 1.807) is 6.92 Å². The summed E-state index contributed by atoms with van der Waals surface area (Å²) in [6.45, 7) is 1.79. The molecule has 2 aromatic rings. The van der Waals surface area contributed by atoms with Crippen LogP contribution in [0.1, 0.15) is 13.3 Å². The van der Waals surface area contributed by atoms with Crippen molar-refractivity contribution in [3.63, 3.8) is 0 Å². The number of carbonyl (C=O) groups is 2. The van der Waals surface area contributed by atoms with Crippen LogP contribution in [0.3, 0.4) is 0 Å². The minimum atomic E-state index is -0.215. The first kappa shape index (κ1) is 12.4. The van der Waals surface area contributed by atoms with Gasteiger partial charge in [0.05, 0.1) is 5.69 Å². The molecule has 0 saturated carbocycles. The van der Waals surface area contributed by atoms with Gasteiger partial charge in [0.15, 0.2) is 0 Å². The second-order valence-electron chi connectivity index (χ2n) is 4.85. The van der Waals surface area contributed by atoms with Crippen molar-refractivity contribution in [2.75, 3.05) is 4.90 Å². The predicted molar refractivity (Wildman–Crippen MR) is 77.9 cm³/mol. The molecule has 4 heteroatoms. The zero-order chi connectivity index (χ0) is 13.6. The van der Waals surface area contributed by atoms with E-state index in [2.05, 4.69) is 15.9 Å². The van der Waals surface area contributed by atoms with Crippen LogP contribution in [0.2, 0.25) is 0 Å². The molecule has 1 aliphatic heterocycles. The number of halogens is 1. The SMILES string of the molecule is CC1CC(=O)N(c2ccc3cc(Br)ccc3c2)C1=O. The van der Waals surface area contributed by atoms with E-state index in [-0.39, 0.29) is 17.7 Å². The van der Waals surface area contributed by atoms with Gasteiger partial charge < -0.3 is 0 Å². The maximum absolute atomic E-state index is 12.0. The molecule has 1 heterocycles. The maximum Gasteiger partial charge on any atom is 0.237 e. The van der Waals surface area contributed by atoms with Gasteiger partial charge >= 0.3 is 0 Å². The van der Waals surface area contributed by atoms with Crippen molar-refractivity contribution in [2.45, 2.75) is 13.3 Å². The average Bonchev–Trinajstić information content (AvgIpc) is 2.63. The minimum Gasteiger partial charge on any atom is -0.274 e. The van der Waals surface area contributed by atoms with Crippen LogP contribution in [0.15, 0.2) is 40.9 Å². The third-order valence-corrected chi connectivity index (χ3v) is 3.91. The summed E-state index contributed by atoms with van der Waals surface area (Å²) in [4.78, 5) is 25.2. The van der Waals surface area contributed by atoms with Gasteiger partial charge in [-0.15, -0.1) is 0 Å². The van der Waals surface area contributed by atoms with Gasteiger partial charge in [-0.25, -0.2) is 0 Å². The molecule has 0 aromatic heterocycles. The molecule has 1 atom stereocenters. The third kappa shape index (κ3) is 2.06. The van der Waals surface area contributed by atoms with E-state index in [0.29, 0.717) is 12.1 Å². The molecule has 1 unspecified atom stereocenters. The van der Waals surface area contributed by atoms with Gasteiger partial charge in [0.25, 0.3) is 0 Å². The Balaban J connectivity index is 2.09. The average molecular weight is 318 g/mol. The topological polar surface area (TPSA) is 37.4 Å². The van der Waals surface area contributed by atoms with E-state index < -0.39 is 0 Å². The number of hydrogen-bond acceptors (Lipinski definition) is 2. The highest BCUT2D eigenvalue weighted by Crippen LogP contribution is 2.29. The molecule has 96 valence electrons. The maximum atomic E-state index is 12.0. The Morgan fingerprint density at radius 2 is 1.79 bits per heavy atom. The second-order valence-corrected chi connectivity index (χ2v) is 5.76. The Hall–Kier alpha value is -1.68. The van der Waals surface area contributed by atoms with Crippen molar-refractivity contribution in [3.8, 4) is 0 Å². The Morgan fingerprint density at radius 1 is 1.11 bits per heavy atom. The summed E-state index contributed by atoms with van der Waals surface area (Å²) in [5.74, 6) is -0.441. The lowest BCUT2D eigenvalue weighted by molar-refractivity contribution is -0.122. The summed E-state index contributed by atoms with van der Waals surface area (Å²) in [5, 5.41) is 2.09. The number of rotatable bonds is 1. The first-order chi connectivity index (χ1) is 9.06. The first-order valence-corrected chi connectivity index (χ1v) is 6.91. The Kier molecular flexibility index (Phi) is 2.90. The lowest BCUT2D eigenvalue weighted by Crippen LogP contribution is -2.29. The summed E-state index contributed by atoms with van der Waals surface area (Å²) in [6, 6.07) is 11.6. The smallest absolute Gasteiger partial charge is 0.237 e. The highest BCUT2D eigenvalue weighted by Gasteiger charge is 2.36. The standard InChI is InChI=1S/C15H12BrNO2/c1-9-6-14(18)17(15(9)19)13-5-3-10-7-12(16)4-2-11(10)8-13/h2-5,7-9H,6H2,1H3. The summed E-state index contributed by atoms with van der Waals surface area (Å²) < 4.78 is 1.01. The molecular formula is C15H12BrNO2. The number of amides is 2. The fraction of sp³-hybridized carbons (Fsp3) is 0.200. The van der Waals surface area contributed by atoms with E-state index in [4.69, 9.17) is 0 Å². The number of anilines is 1. The minimum absolute atomic E-state index is 0.110. The summed E-state index contributed by atoms with van der Waals surface area (Å²) in [6.07, 6.45) is 0.303. The molecule has 0 radical (unpaired) electrons. The van der Waals surface area contributed by atoms with Crippen LogP contribution >= 0.6 is 15.9 Å². The van der Waals surface area contributed by atoms with Crippen LogP contribution in [0.4, 0.5) is 5.69 Å². The molecular weight excluding hydrogens is 306 g/mol. The van der Waals surface area contributed by atoms with E-state index >= 15 is 0 Å². The second kappa shape index (κ2) is 4.46. The van der Waals surface area contributed by atoms with Crippen LogP contribution in [0.5, 0.6) is 0 Å². The van der Waals surface area contributed by atoms with Gasteiger partial charge in [-0.1, -0.05) is 35.0 Å². The van der Waals surface area contributed by atoms with Gasteiger partial charge in [0, 0.05) is 16.8 Å². The molecule has 1 aliphatic rings. The van der Waals surface area contributed by atoms with Crippen LogP contribution in [0.25, 0.3) is 10.8 Å². The van der Waals surface area contributed by atoms with Gasteiger partial charge in [0.2, 0.25) is 11.8 Å². The lowest BCUT2D eigenvalue weighted by Gasteiger charge is -2.15. The highest BCUT2D eigenvalue weighted by molar-refractivity contribution is 9.10. The molecule has 1 fully saturated rings. The fourth-order valence-electron chi connectivity index (χ4n) is 2.40. The molecule has 2 amide bonds. The monoisotopic (exact) mass is 317 g/mol. The number of nitrogens with zero attached hydrogens (tertiary/aromatic N) is 1. The van der Waals surface area contributed by atoms with Crippen LogP contribution in [-0.4, -0.2) is 11.8 Å². The van der Waals surface area contributed by atoms with Gasteiger partial charge in [-0.2, -0.15) is 0 Å². The number of fused-ring (bicyclic) bond motifs is 1. The van der Waals surface area contributed by atoms with Crippen LogP contribution < -0.4 is 4.90 Å². The molecule has 0 bridgehead atoms. The molecule has 1 saturated heterocycles. The van der Waals surface area contributed by atoms with E-state index in [0.717, 1.165) is 15.2 Å². The Bertz CT molecular complexity index is 696. The number of hydrogen-bond donors (Lipinski definition) is 0. The van der Waals surface area contributed by atoms with Gasteiger partial charge in [-0.05, 0) is 35.0 Å². The van der Waals surface area contributed by atoms with Crippen molar-refractivity contribution in [3.05, 3.63) is 40.9 Å². The lowest BCUT2D eigenvalue weighted by atomic mass is 10.1. The van der Waals surface area contributed by atoms with E-state index in [9.17, 15) is 9.59 Å². The normalized spacial score (nSPS) is 19.5. The largest absolute Gasteiger partial charge is 0.274 e. The van der Waals surface area contributed by atoms with Gasteiger partial charge in [-0.3, -0.25) is 14.5 Å². The van der Waals surface area contributed by atoms with Gasteiger partial charge in [0.1, 0.15) is 0 Å². The highest BCUT2D eigenvalue weighted by atomic mass is 79.9. The van der Waals surface area contributed by atoms with Crippen LogP contribution in [-0.2, 0) is 9.59 Å². The molecule has 3 nitrogen and oxygen atoms in total. The zero-order valence-electron chi connectivity index (χ0n) is 10.4. The first-order valence-electron chi connectivity index (χ1n) is 6.12. The molecule has 3 rings (SSSR count). The zero-order valence-corrected chi connectivity index (χ0v) is 12.0. The van der Waals surface area contributed by atoms with Crippen molar-refractivity contribution >= 4 is 44.2 Å². The van der Waals surface area contributed by atoms with Crippen molar-refractivity contribution in [2.24, 2.45) is 5.92 Å². The quantitative estimate of drug-likeness (QED) is 0.755. The van der Waals surface area contributed by atoms with Crippen molar-refractivity contribution in [1.82, 2.24) is 0 Å². The predicted octanol–water partition coefficient (Wildman–Crippen LogP) is 3.50. The molecule has 0 spiro atoms. The van der Waals surface area contributed by atoms with E-state index in [1.165, 1.54) is 4.90 Å². The number of imide groups is 1. The molecule has 2 aromatic carbocycles. The molecule has 0 aliphatic carbocycles. The summed E-state index contributed by atoms with van der Waals surface area (Å²) >= 11 is 3.43. The van der Waals surface area contributed by atoms with E-state index in [1.807, 2.05) is 36.4 Å². The Morgan fingerprint density at radius 3 is 2.47 bits per heavy atom. The number of benzene rings is 2. The number of carbonyl (C=O) groups excluding carboxylic acids is 2. The van der Waals surface area contributed by atoms with Crippen LogP contribution in [0, 0.1) is 5.92 Å². The Labute approximate surface area is 119 Å². The summed E-state index contributed by atoms with van der Waals surface area (Å²) in [7, 11) is 0. The van der Waals surface area contributed by atoms with Crippen molar-refractivity contribution in [1.29, 1.82) is 0 Å².